The molecule has 0 spiro atoms. The number of nitrogens with zero attached hydrogens (tertiary/aromatic N) is 6. The van der Waals surface area contributed by atoms with Crippen LogP contribution in [-0.4, -0.2) is 29.5 Å². The third kappa shape index (κ3) is 2.50. The Hall–Kier alpha value is -2.29. The molecule has 1 aliphatic carbocycles. The molecule has 118 valence electrons. The summed E-state index contributed by atoms with van der Waals surface area (Å²) in [6.07, 6.45) is -0.601. The Bertz CT molecular complexity index is 902. The predicted octanol–water partition coefficient (Wildman–Crippen LogP) is 3.13. The summed E-state index contributed by atoms with van der Waals surface area (Å²) in [4.78, 5) is 15.7. The third-order valence-electron chi connectivity index (χ3n) is 3.53. The van der Waals surface area contributed by atoms with E-state index in [0.717, 1.165) is 18.5 Å². The van der Waals surface area contributed by atoms with Crippen LogP contribution < -0.4 is 0 Å². The summed E-state index contributed by atoms with van der Waals surface area (Å²) in [6.45, 7) is 0. The SMILES string of the molecule is FC(F)(F)c1cnc(-c2cc(C3CC3)nc3ncnn23)c(Cl)n1. The summed E-state index contributed by atoms with van der Waals surface area (Å²) in [5.74, 6) is 0.679. The van der Waals surface area contributed by atoms with Gasteiger partial charge in [0.2, 0.25) is 0 Å². The maximum absolute atomic E-state index is 12.7. The molecule has 3 aromatic rings. The van der Waals surface area contributed by atoms with E-state index in [9.17, 15) is 13.2 Å². The maximum atomic E-state index is 12.7. The standard InChI is InChI=1S/C13H8ClF3N6/c14-11-10(18-4-9(22-11)13(15,16)17)8-3-7(6-1-2-6)21-12-19-5-20-23(8)12/h3-6H,1-2H2. The zero-order valence-electron chi connectivity index (χ0n) is 11.4. The van der Waals surface area contributed by atoms with Gasteiger partial charge in [-0.1, -0.05) is 11.6 Å². The highest BCUT2D eigenvalue weighted by molar-refractivity contribution is 6.31. The fourth-order valence-electron chi connectivity index (χ4n) is 2.26. The van der Waals surface area contributed by atoms with Gasteiger partial charge in [-0.15, -0.1) is 0 Å². The molecule has 1 saturated carbocycles. The van der Waals surface area contributed by atoms with E-state index in [1.165, 1.54) is 10.8 Å². The lowest BCUT2D eigenvalue weighted by molar-refractivity contribution is -0.141. The molecule has 1 aliphatic rings. The van der Waals surface area contributed by atoms with Crippen molar-refractivity contribution in [2.24, 2.45) is 0 Å². The summed E-state index contributed by atoms with van der Waals surface area (Å²) >= 11 is 5.93. The minimum absolute atomic E-state index is 0.111. The van der Waals surface area contributed by atoms with Crippen LogP contribution in [0.1, 0.15) is 30.1 Å². The van der Waals surface area contributed by atoms with Crippen molar-refractivity contribution in [1.82, 2.24) is 29.5 Å². The summed E-state index contributed by atoms with van der Waals surface area (Å²) in [5, 5.41) is 3.68. The lowest BCUT2D eigenvalue weighted by Gasteiger charge is -2.10. The van der Waals surface area contributed by atoms with Crippen molar-refractivity contribution in [2.75, 3.05) is 0 Å². The van der Waals surface area contributed by atoms with Gasteiger partial charge < -0.3 is 0 Å². The quantitative estimate of drug-likeness (QED) is 0.717. The van der Waals surface area contributed by atoms with Crippen LogP contribution in [0.4, 0.5) is 13.2 Å². The van der Waals surface area contributed by atoms with E-state index in [0.29, 0.717) is 23.6 Å². The van der Waals surface area contributed by atoms with Crippen molar-refractivity contribution < 1.29 is 13.2 Å². The van der Waals surface area contributed by atoms with Gasteiger partial charge in [0.05, 0.1) is 11.9 Å². The topological polar surface area (TPSA) is 68.9 Å². The largest absolute Gasteiger partial charge is 0.434 e. The molecule has 4 rings (SSSR count). The van der Waals surface area contributed by atoms with Crippen LogP contribution in [0.3, 0.4) is 0 Å². The van der Waals surface area contributed by atoms with Crippen molar-refractivity contribution in [3.05, 3.63) is 35.1 Å². The van der Waals surface area contributed by atoms with E-state index in [4.69, 9.17) is 11.6 Å². The average molecular weight is 341 g/mol. The minimum atomic E-state index is -4.60. The van der Waals surface area contributed by atoms with Gasteiger partial charge in [0, 0.05) is 11.6 Å². The van der Waals surface area contributed by atoms with Gasteiger partial charge in [-0.25, -0.2) is 15.0 Å². The fraction of sp³-hybridized carbons (Fsp3) is 0.308. The Morgan fingerprint density at radius 2 is 1.96 bits per heavy atom. The molecule has 0 aromatic carbocycles. The molecular formula is C13H8ClF3N6. The van der Waals surface area contributed by atoms with Gasteiger partial charge in [0.25, 0.3) is 5.78 Å². The summed E-state index contributed by atoms with van der Waals surface area (Å²) in [6, 6.07) is 1.72. The van der Waals surface area contributed by atoms with E-state index in [1.807, 2.05) is 0 Å². The first-order valence-corrected chi connectivity index (χ1v) is 7.12. The number of alkyl halides is 3. The Balaban J connectivity index is 1.90. The van der Waals surface area contributed by atoms with Gasteiger partial charge in [-0.3, -0.25) is 0 Å². The molecule has 1 fully saturated rings. The first-order chi connectivity index (χ1) is 10.9. The van der Waals surface area contributed by atoms with Crippen molar-refractivity contribution >= 4 is 17.4 Å². The van der Waals surface area contributed by atoms with Crippen molar-refractivity contribution in [2.45, 2.75) is 24.9 Å². The molecule has 0 aliphatic heterocycles. The molecule has 0 radical (unpaired) electrons. The van der Waals surface area contributed by atoms with Crippen LogP contribution in [0.15, 0.2) is 18.6 Å². The van der Waals surface area contributed by atoms with E-state index < -0.39 is 11.9 Å². The van der Waals surface area contributed by atoms with Crippen LogP contribution >= 0.6 is 11.6 Å². The molecule has 10 heteroatoms. The van der Waals surface area contributed by atoms with Gasteiger partial charge in [0.15, 0.2) is 10.8 Å². The van der Waals surface area contributed by atoms with Gasteiger partial charge >= 0.3 is 6.18 Å². The molecule has 0 amide bonds. The van der Waals surface area contributed by atoms with Crippen LogP contribution in [0, 0.1) is 0 Å². The monoisotopic (exact) mass is 340 g/mol. The molecule has 3 heterocycles. The Kier molecular flexibility index (Phi) is 3.02. The third-order valence-corrected chi connectivity index (χ3v) is 3.79. The Morgan fingerprint density at radius 3 is 2.61 bits per heavy atom. The second-order valence-electron chi connectivity index (χ2n) is 5.20. The molecule has 0 atom stereocenters. The lowest BCUT2D eigenvalue weighted by atomic mass is 10.2. The highest BCUT2D eigenvalue weighted by atomic mass is 35.5. The number of hydrogen-bond acceptors (Lipinski definition) is 5. The molecule has 23 heavy (non-hydrogen) atoms. The summed E-state index contributed by atoms with van der Waals surface area (Å²) in [5.41, 5.74) is 0.191. The number of fused-ring (bicyclic) bond motifs is 1. The van der Waals surface area contributed by atoms with Gasteiger partial charge in [-0.2, -0.15) is 27.8 Å². The second kappa shape index (κ2) is 4.85. The van der Waals surface area contributed by atoms with Gasteiger partial charge in [0.1, 0.15) is 12.0 Å². The first kappa shape index (κ1) is 14.3. The average Bonchev–Trinajstić information content (AvgIpc) is 3.23. The highest BCUT2D eigenvalue weighted by Crippen LogP contribution is 2.40. The number of halogens is 4. The smallest absolute Gasteiger partial charge is 0.249 e. The van der Waals surface area contributed by atoms with E-state index in [1.54, 1.807) is 6.07 Å². The number of aromatic nitrogens is 6. The molecule has 3 aromatic heterocycles. The van der Waals surface area contributed by atoms with Crippen LogP contribution in [0.5, 0.6) is 0 Å². The Morgan fingerprint density at radius 1 is 1.17 bits per heavy atom. The van der Waals surface area contributed by atoms with Crippen LogP contribution in [-0.2, 0) is 6.18 Å². The highest BCUT2D eigenvalue weighted by Gasteiger charge is 2.34. The van der Waals surface area contributed by atoms with Crippen molar-refractivity contribution in [3.8, 4) is 11.4 Å². The zero-order chi connectivity index (χ0) is 16.2. The number of hydrogen-bond donors (Lipinski definition) is 0. The van der Waals surface area contributed by atoms with E-state index in [2.05, 4.69) is 25.0 Å². The van der Waals surface area contributed by atoms with Crippen LogP contribution in [0.25, 0.3) is 17.2 Å². The zero-order valence-corrected chi connectivity index (χ0v) is 12.2. The summed E-state index contributed by atoms with van der Waals surface area (Å²) in [7, 11) is 0. The Labute approximate surface area is 132 Å². The molecule has 0 N–H and O–H groups in total. The van der Waals surface area contributed by atoms with Crippen molar-refractivity contribution in [3.63, 3.8) is 0 Å². The minimum Gasteiger partial charge on any atom is -0.249 e. The normalized spacial score (nSPS) is 15.3. The van der Waals surface area contributed by atoms with Gasteiger partial charge in [-0.05, 0) is 18.9 Å². The number of rotatable bonds is 2. The molecule has 0 bridgehead atoms. The van der Waals surface area contributed by atoms with Crippen molar-refractivity contribution in [1.29, 1.82) is 0 Å². The summed E-state index contributed by atoms with van der Waals surface area (Å²) < 4.78 is 39.4. The maximum Gasteiger partial charge on any atom is 0.434 e. The predicted molar refractivity (Wildman–Crippen MR) is 73.8 cm³/mol. The second-order valence-corrected chi connectivity index (χ2v) is 5.56. The molecule has 6 nitrogen and oxygen atoms in total. The lowest BCUT2D eigenvalue weighted by Crippen LogP contribution is -2.10. The van der Waals surface area contributed by atoms with E-state index >= 15 is 0 Å². The first-order valence-electron chi connectivity index (χ1n) is 6.74. The van der Waals surface area contributed by atoms with Crippen LogP contribution in [0.2, 0.25) is 5.15 Å². The molecular weight excluding hydrogens is 333 g/mol. The molecule has 0 saturated heterocycles. The van der Waals surface area contributed by atoms with E-state index in [-0.39, 0.29) is 10.8 Å². The fourth-order valence-corrected chi connectivity index (χ4v) is 2.50. The molecule has 0 unspecified atom stereocenters.